The van der Waals surface area contributed by atoms with E-state index in [2.05, 4.69) is 0 Å². The molecule has 0 bridgehead atoms. The third-order valence-electron chi connectivity index (χ3n) is 4.63. The summed E-state index contributed by atoms with van der Waals surface area (Å²) in [5.74, 6) is -1.60. The molecule has 1 aliphatic heterocycles. The fourth-order valence-corrected chi connectivity index (χ4v) is 4.40. The Labute approximate surface area is 171 Å². The zero-order chi connectivity index (χ0) is 19.8. The van der Waals surface area contributed by atoms with Crippen molar-refractivity contribution >= 4 is 46.1 Å². The van der Waals surface area contributed by atoms with E-state index >= 15 is 0 Å². The molecule has 1 amide bonds. The standard InChI is InChI=1S/C22H16ClNO3S/c1-13-5-2-8-16(11-13)24-19(17-9-4-10-28-17)18(21(26)22(24)27)20(25)14-6-3-7-15(23)12-14/h2-12,19,25H,1H3/b20-18-. The van der Waals surface area contributed by atoms with Gasteiger partial charge in [0, 0.05) is 21.2 Å². The Kier molecular flexibility index (Phi) is 4.79. The predicted molar refractivity (Wildman–Crippen MR) is 112 cm³/mol. The number of carbonyl (C=O) groups is 2. The van der Waals surface area contributed by atoms with Crippen LogP contribution in [0, 0.1) is 6.92 Å². The number of amides is 1. The number of rotatable bonds is 3. The number of thiophene rings is 1. The summed E-state index contributed by atoms with van der Waals surface area (Å²) in [7, 11) is 0. The highest BCUT2D eigenvalue weighted by Crippen LogP contribution is 2.43. The molecule has 28 heavy (non-hydrogen) atoms. The molecule has 1 fully saturated rings. The van der Waals surface area contributed by atoms with E-state index in [9.17, 15) is 14.7 Å². The van der Waals surface area contributed by atoms with E-state index in [1.54, 1.807) is 30.3 Å². The van der Waals surface area contributed by atoms with E-state index in [1.807, 2.05) is 42.6 Å². The number of aryl methyl sites for hydroxylation is 1. The van der Waals surface area contributed by atoms with Crippen molar-refractivity contribution in [3.8, 4) is 0 Å². The maximum Gasteiger partial charge on any atom is 0.300 e. The van der Waals surface area contributed by atoms with Crippen LogP contribution in [0.3, 0.4) is 0 Å². The van der Waals surface area contributed by atoms with Gasteiger partial charge in [0.1, 0.15) is 11.8 Å². The Morgan fingerprint density at radius 2 is 1.86 bits per heavy atom. The summed E-state index contributed by atoms with van der Waals surface area (Å²) in [6, 6.07) is 17.0. The summed E-state index contributed by atoms with van der Waals surface area (Å²) in [6.07, 6.45) is 0. The average Bonchev–Trinajstić information content (AvgIpc) is 3.28. The first kappa shape index (κ1) is 18.5. The van der Waals surface area contributed by atoms with E-state index in [0.717, 1.165) is 10.4 Å². The molecule has 0 spiro atoms. The first-order valence-corrected chi connectivity index (χ1v) is 9.90. The van der Waals surface area contributed by atoms with Crippen molar-refractivity contribution in [3.05, 3.63) is 92.6 Å². The second-order valence-electron chi connectivity index (χ2n) is 6.53. The normalized spacial score (nSPS) is 18.6. The van der Waals surface area contributed by atoms with Crippen LogP contribution in [0.2, 0.25) is 5.02 Å². The van der Waals surface area contributed by atoms with Gasteiger partial charge < -0.3 is 5.11 Å². The van der Waals surface area contributed by atoms with Crippen LogP contribution in [0.5, 0.6) is 0 Å². The molecule has 1 saturated heterocycles. The van der Waals surface area contributed by atoms with Gasteiger partial charge in [-0.1, -0.05) is 41.9 Å². The SMILES string of the molecule is Cc1cccc(N2C(=O)C(=O)/C(=C(\O)c3cccc(Cl)c3)C2c2cccs2)c1. The molecule has 2 heterocycles. The third kappa shape index (κ3) is 3.13. The molecule has 0 radical (unpaired) electrons. The molecule has 1 aliphatic rings. The summed E-state index contributed by atoms with van der Waals surface area (Å²) in [5, 5.41) is 13.3. The van der Waals surface area contributed by atoms with Crippen LogP contribution in [0.25, 0.3) is 5.76 Å². The Morgan fingerprint density at radius 1 is 1.07 bits per heavy atom. The van der Waals surface area contributed by atoms with Crippen LogP contribution in [0.4, 0.5) is 5.69 Å². The number of anilines is 1. The fraction of sp³-hybridized carbons (Fsp3) is 0.0909. The lowest BCUT2D eigenvalue weighted by Gasteiger charge is -2.24. The topological polar surface area (TPSA) is 57.6 Å². The number of halogens is 1. The Morgan fingerprint density at radius 3 is 2.54 bits per heavy atom. The fourth-order valence-electron chi connectivity index (χ4n) is 3.38. The summed E-state index contributed by atoms with van der Waals surface area (Å²) in [5.41, 5.74) is 2.05. The van der Waals surface area contributed by atoms with E-state index in [-0.39, 0.29) is 11.3 Å². The molecule has 4 rings (SSSR count). The van der Waals surface area contributed by atoms with E-state index in [0.29, 0.717) is 16.3 Å². The first-order valence-electron chi connectivity index (χ1n) is 8.64. The van der Waals surface area contributed by atoms with Gasteiger partial charge in [-0.25, -0.2) is 0 Å². The number of carbonyl (C=O) groups excluding carboxylic acids is 2. The summed E-state index contributed by atoms with van der Waals surface area (Å²) < 4.78 is 0. The van der Waals surface area contributed by atoms with Gasteiger partial charge in [-0.15, -0.1) is 11.3 Å². The van der Waals surface area contributed by atoms with Crippen LogP contribution in [-0.4, -0.2) is 16.8 Å². The minimum Gasteiger partial charge on any atom is -0.507 e. The largest absolute Gasteiger partial charge is 0.507 e. The number of hydrogen-bond donors (Lipinski definition) is 1. The first-order chi connectivity index (χ1) is 13.5. The molecule has 0 saturated carbocycles. The second-order valence-corrected chi connectivity index (χ2v) is 7.95. The summed E-state index contributed by atoms with van der Waals surface area (Å²) in [4.78, 5) is 28.1. The molecule has 3 aromatic rings. The van der Waals surface area contributed by atoms with Crippen molar-refractivity contribution in [1.29, 1.82) is 0 Å². The monoisotopic (exact) mass is 409 g/mol. The summed E-state index contributed by atoms with van der Waals surface area (Å²) >= 11 is 7.47. The second kappa shape index (κ2) is 7.26. The lowest BCUT2D eigenvalue weighted by atomic mass is 9.99. The highest BCUT2D eigenvalue weighted by atomic mass is 35.5. The number of benzene rings is 2. The molecule has 1 atom stereocenters. The maximum absolute atomic E-state index is 12.9. The quantitative estimate of drug-likeness (QED) is 0.361. The molecule has 1 aromatic heterocycles. The molecule has 1 N–H and O–H groups in total. The highest BCUT2D eigenvalue weighted by molar-refractivity contribution is 7.10. The van der Waals surface area contributed by atoms with Crippen LogP contribution in [0.15, 0.2) is 71.6 Å². The van der Waals surface area contributed by atoms with Crippen LogP contribution in [-0.2, 0) is 9.59 Å². The predicted octanol–water partition coefficient (Wildman–Crippen LogP) is 5.34. The van der Waals surface area contributed by atoms with Crippen molar-refractivity contribution in [3.63, 3.8) is 0 Å². The van der Waals surface area contributed by atoms with Crippen molar-refractivity contribution < 1.29 is 14.7 Å². The molecule has 2 aromatic carbocycles. The minimum atomic E-state index is -0.711. The van der Waals surface area contributed by atoms with Gasteiger partial charge in [-0.05, 0) is 48.2 Å². The average molecular weight is 410 g/mol. The number of aliphatic hydroxyl groups is 1. The van der Waals surface area contributed by atoms with Crippen LogP contribution < -0.4 is 4.90 Å². The van der Waals surface area contributed by atoms with Gasteiger partial charge in [-0.2, -0.15) is 0 Å². The molecular formula is C22H16ClNO3S. The molecular weight excluding hydrogens is 394 g/mol. The van der Waals surface area contributed by atoms with Gasteiger partial charge in [0.2, 0.25) is 0 Å². The van der Waals surface area contributed by atoms with Crippen molar-refractivity contribution in [2.45, 2.75) is 13.0 Å². The van der Waals surface area contributed by atoms with Crippen molar-refractivity contribution in [1.82, 2.24) is 0 Å². The third-order valence-corrected chi connectivity index (χ3v) is 5.79. The summed E-state index contributed by atoms with van der Waals surface area (Å²) in [6.45, 7) is 1.92. The van der Waals surface area contributed by atoms with Crippen molar-refractivity contribution in [2.24, 2.45) is 0 Å². The smallest absolute Gasteiger partial charge is 0.300 e. The number of hydrogen-bond acceptors (Lipinski definition) is 4. The zero-order valence-corrected chi connectivity index (χ0v) is 16.5. The maximum atomic E-state index is 12.9. The number of ketones is 1. The van der Waals surface area contributed by atoms with Crippen LogP contribution in [0.1, 0.15) is 22.0 Å². The van der Waals surface area contributed by atoms with Crippen molar-refractivity contribution in [2.75, 3.05) is 4.90 Å². The molecule has 140 valence electrons. The van der Waals surface area contributed by atoms with Gasteiger partial charge in [0.15, 0.2) is 0 Å². The zero-order valence-electron chi connectivity index (χ0n) is 14.9. The molecule has 0 aliphatic carbocycles. The Bertz CT molecular complexity index is 1100. The van der Waals surface area contributed by atoms with Gasteiger partial charge in [0.25, 0.3) is 11.7 Å². The number of nitrogens with zero attached hydrogens (tertiary/aromatic N) is 1. The van der Waals surface area contributed by atoms with Gasteiger partial charge in [0.05, 0.1) is 5.57 Å². The van der Waals surface area contributed by atoms with E-state index < -0.39 is 17.7 Å². The van der Waals surface area contributed by atoms with E-state index in [4.69, 9.17) is 11.6 Å². The minimum absolute atomic E-state index is 0.0659. The highest BCUT2D eigenvalue weighted by Gasteiger charge is 2.47. The van der Waals surface area contributed by atoms with E-state index in [1.165, 1.54) is 16.2 Å². The molecule has 1 unspecified atom stereocenters. The number of aliphatic hydroxyl groups excluding tert-OH is 1. The molecule has 6 heteroatoms. The van der Waals surface area contributed by atoms with Gasteiger partial charge >= 0.3 is 0 Å². The lowest BCUT2D eigenvalue weighted by Crippen LogP contribution is -2.29. The lowest BCUT2D eigenvalue weighted by molar-refractivity contribution is -0.132. The number of Topliss-reactive ketones (excluding diaryl/α,β-unsaturated/α-hetero) is 1. The Balaban J connectivity index is 1.94. The Hall–Kier alpha value is -2.89. The van der Waals surface area contributed by atoms with Gasteiger partial charge in [-0.3, -0.25) is 14.5 Å². The van der Waals surface area contributed by atoms with Crippen LogP contribution >= 0.6 is 22.9 Å². The molecule has 4 nitrogen and oxygen atoms in total.